The zero-order chi connectivity index (χ0) is 21.0. The summed E-state index contributed by atoms with van der Waals surface area (Å²) < 4.78 is 39.7. The first kappa shape index (κ1) is 26.6. The number of hydrogen-bond acceptors (Lipinski definition) is 5. The number of sulfonamides is 1. The van der Waals surface area contributed by atoms with Crippen molar-refractivity contribution in [2.75, 3.05) is 31.9 Å². The van der Waals surface area contributed by atoms with E-state index < -0.39 is 10.0 Å². The van der Waals surface area contributed by atoms with E-state index in [4.69, 9.17) is 0 Å². The van der Waals surface area contributed by atoms with Crippen LogP contribution in [0.3, 0.4) is 0 Å². The number of hydrogen-bond donors (Lipinski definition) is 3. The summed E-state index contributed by atoms with van der Waals surface area (Å²) >= 11 is 1.66. The number of nitrogens with one attached hydrogen (secondary N) is 3. The third-order valence-electron chi connectivity index (χ3n) is 3.65. The van der Waals surface area contributed by atoms with Crippen molar-refractivity contribution in [2.45, 2.75) is 23.1 Å². The van der Waals surface area contributed by atoms with Crippen LogP contribution in [0.4, 0.5) is 4.39 Å². The van der Waals surface area contributed by atoms with Crippen LogP contribution in [0.15, 0.2) is 63.6 Å². The van der Waals surface area contributed by atoms with Gasteiger partial charge in [0.05, 0.1) is 0 Å². The van der Waals surface area contributed by atoms with Gasteiger partial charge in [0, 0.05) is 43.5 Å². The smallest absolute Gasteiger partial charge is 0.242 e. The molecule has 0 amide bonds. The number of halogens is 2. The van der Waals surface area contributed by atoms with Gasteiger partial charge >= 0.3 is 0 Å². The first-order valence-electron chi connectivity index (χ1n) is 9.31. The normalized spacial score (nSPS) is 11.6. The molecule has 7 nitrogen and oxygen atoms in total. The molecule has 0 unspecified atom stereocenters. The fraction of sp³-hybridized carbons (Fsp3) is 0.368. The molecule has 0 saturated heterocycles. The number of thioether (sulfide) groups is 1. The highest BCUT2D eigenvalue weighted by Crippen LogP contribution is 2.18. The minimum Gasteiger partial charge on any atom is -0.357 e. The van der Waals surface area contributed by atoms with Gasteiger partial charge in [-0.1, -0.05) is 0 Å². The highest BCUT2D eigenvalue weighted by atomic mass is 127. The van der Waals surface area contributed by atoms with Crippen molar-refractivity contribution >= 4 is 51.7 Å². The van der Waals surface area contributed by atoms with Gasteiger partial charge in [0.25, 0.3) is 0 Å². The minimum atomic E-state index is -3.56. The third kappa shape index (κ3) is 10.0. The number of nitrogens with zero attached hydrogens (tertiary/aromatic N) is 2. The Morgan fingerprint density at radius 1 is 1.17 bits per heavy atom. The van der Waals surface area contributed by atoms with Crippen molar-refractivity contribution in [3.05, 3.63) is 54.6 Å². The highest BCUT2D eigenvalue weighted by Gasteiger charge is 2.12. The maximum atomic E-state index is 12.9. The molecule has 0 radical (unpaired) electrons. The van der Waals surface area contributed by atoms with E-state index in [2.05, 4.69) is 25.3 Å². The molecule has 2 rings (SSSR count). The fourth-order valence-electron chi connectivity index (χ4n) is 2.27. The summed E-state index contributed by atoms with van der Waals surface area (Å²) in [6, 6.07) is 9.52. The number of guanidine groups is 1. The number of aliphatic imine (C=N–C) groups is 1. The number of rotatable bonds is 11. The van der Waals surface area contributed by atoms with Crippen molar-refractivity contribution in [2.24, 2.45) is 4.99 Å². The summed E-state index contributed by atoms with van der Waals surface area (Å²) in [6.45, 7) is 3.92. The molecule has 1 aromatic heterocycles. The Morgan fingerprint density at radius 2 is 1.93 bits per heavy atom. The van der Waals surface area contributed by atoms with Crippen LogP contribution >= 0.6 is 35.7 Å². The van der Waals surface area contributed by atoms with Gasteiger partial charge in [-0.2, -0.15) is 0 Å². The summed E-state index contributed by atoms with van der Waals surface area (Å²) in [5.41, 5.74) is 0. The number of aromatic nitrogens is 1. The second-order valence-electron chi connectivity index (χ2n) is 5.93. The quantitative estimate of drug-likeness (QED) is 0.127. The van der Waals surface area contributed by atoms with Crippen LogP contribution in [0, 0.1) is 5.82 Å². The van der Waals surface area contributed by atoms with Gasteiger partial charge in [0.2, 0.25) is 10.0 Å². The zero-order valence-electron chi connectivity index (χ0n) is 16.7. The Bertz CT molecular complexity index is 868. The van der Waals surface area contributed by atoms with Crippen LogP contribution in [0.1, 0.15) is 13.3 Å². The molecule has 2 aromatic rings. The molecule has 0 bridgehead atoms. The predicted octanol–water partition coefficient (Wildman–Crippen LogP) is 2.85. The maximum Gasteiger partial charge on any atom is 0.242 e. The van der Waals surface area contributed by atoms with Gasteiger partial charge in [0.1, 0.15) is 10.7 Å². The van der Waals surface area contributed by atoms with Crippen LogP contribution in [0.2, 0.25) is 0 Å². The fourth-order valence-corrected chi connectivity index (χ4v) is 4.11. The van der Waals surface area contributed by atoms with Gasteiger partial charge < -0.3 is 10.6 Å². The first-order valence-corrected chi connectivity index (χ1v) is 11.8. The average Bonchev–Trinajstić information content (AvgIpc) is 2.73. The van der Waals surface area contributed by atoms with Gasteiger partial charge in [-0.05, 0) is 55.5 Å². The van der Waals surface area contributed by atoms with E-state index in [0.717, 1.165) is 17.1 Å². The Morgan fingerprint density at radius 3 is 2.60 bits per heavy atom. The minimum absolute atomic E-state index is 0. The molecule has 0 aliphatic rings. The van der Waals surface area contributed by atoms with Gasteiger partial charge in [-0.15, -0.1) is 35.7 Å². The highest BCUT2D eigenvalue weighted by molar-refractivity contribution is 14.0. The first-order chi connectivity index (χ1) is 14.0. The zero-order valence-corrected chi connectivity index (χ0v) is 20.6. The van der Waals surface area contributed by atoms with E-state index in [1.54, 1.807) is 30.0 Å². The molecular formula is C19H27FIN5O2S2. The molecule has 0 aliphatic heterocycles. The third-order valence-corrected chi connectivity index (χ3v) is 6.20. The van der Waals surface area contributed by atoms with Crippen molar-refractivity contribution in [1.29, 1.82) is 0 Å². The number of benzene rings is 1. The maximum absolute atomic E-state index is 12.9. The monoisotopic (exact) mass is 567 g/mol. The van der Waals surface area contributed by atoms with Crippen LogP contribution in [0.25, 0.3) is 0 Å². The Hall–Kier alpha value is -1.44. The molecule has 3 N–H and O–H groups in total. The lowest BCUT2D eigenvalue weighted by atomic mass is 10.4. The van der Waals surface area contributed by atoms with Crippen molar-refractivity contribution < 1.29 is 12.8 Å². The molecule has 0 aliphatic carbocycles. The van der Waals surface area contributed by atoms with E-state index in [1.165, 1.54) is 30.6 Å². The molecule has 0 fully saturated rings. The summed E-state index contributed by atoms with van der Waals surface area (Å²) in [6.07, 6.45) is 3.70. The molecule has 0 atom stereocenters. The van der Waals surface area contributed by atoms with Gasteiger partial charge in [-0.3, -0.25) is 9.98 Å². The summed E-state index contributed by atoms with van der Waals surface area (Å²) in [4.78, 5) is 9.47. The Kier molecular flexibility index (Phi) is 12.9. The van der Waals surface area contributed by atoms with Crippen LogP contribution < -0.4 is 15.4 Å². The van der Waals surface area contributed by atoms with Crippen LogP contribution in [-0.2, 0) is 10.0 Å². The van der Waals surface area contributed by atoms with Crippen LogP contribution in [0.5, 0.6) is 0 Å². The summed E-state index contributed by atoms with van der Waals surface area (Å²) in [7, 11) is -3.56. The van der Waals surface area contributed by atoms with Gasteiger partial charge in [0.15, 0.2) is 5.96 Å². The van der Waals surface area contributed by atoms with E-state index in [1.807, 2.05) is 6.92 Å². The SMILES string of the molecule is CCNC(=NCCCSc1ccc(F)cc1)NCCNS(=O)(=O)c1cccnc1.I. The molecule has 11 heteroatoms. The molecular weight excluding hydrogens is 540 g/mol. The lowest BCUT2D eigenvalue weighted by Gasteiger charge is -2.12. The van der Waals surface area contributed by atoms with E-state index in [-0.39, 0.29) is 41.2 Å². The Labute approximate surface area is 198 Å². The molecule has 0 saturated carbocycles. The standard InChI is InChI=1S/C19H26FN5O2S2.HI/c1-2-22-19(23-11-4-14-28-17-8-6-16(20)7-9-17)24-12-13-25-29(26,27)18-5-3-10-21-15-18;/h3,5-10,15,25H,2,4,11-14H2,1H3,(H2,22,23,24);1H. The topological polar surface area (TPSA) is 95.5 Å². The van der Waals surface area contributed by atoms with Crippen molar-refractivity contribution in [3.8, 4) is 0 Å². The van der Waals surface area contributed by atoms with Gasteiger partial charge in [-0.25, -0.2) is 17.5 Å². The van der Waals surface area contributed by atoms with Crippen LogP contribution in [-0.4, -0.2) is 51.3 Å². The molecule has 1 heterocycles. The van der Waals surface area contributed by atoms with Crippen molar-refractivity contribution in [3.63, 3.8) is 0 Å². The summed E-state index contributed by atoms with van der Waals surface area (Å²) in [5.74, 6) is 1.28. The molecule has 0 spiro atoms. The molecule has 30 heavy (non-hydrogen) atoms. The van der Waals surface area contributed by atoms with Crippen molar-refractivity contribution in [1.82, 2.24) is 20.3 Å². The lowest BCUT2D eigenvalue weighted by Crippen LogP contribution is -2.41. The molecule has 1 aromatic carbocycles. The predicted molar refractivity (Wildman–Crippen MR) is 131 cm³/mol. The second-order valence-corrected chi connectivity index (χ2v) is 8.87. The molecule has 166 valence electrons. The van der Waals surface area contributed by atoms with E-state index in [9.17, 15) is 12.8 Å². The Balaban J connectivity index is 0.00000450. The second kappa shape index (κ2) is 14.5. The largest absolute Gasteiger partial charge is 0.357 e. The van der Waals surface area contributed by atoms with E-state index >= 15 is 0 Å². The average molecular weight is 567 g/mol. The lowest BCUT2D eigenvalue weighted by molar-refractivity contribution is 0.580. The number of pyridine rings is 1. The van der Waals surface area contributed by atoms with E-state index in [0.29, 0.717) is 25.6 Å². The summed E-state index contributed by atoms with van der Waals surface area (Å²) in [5, 5.41) is 6.24.